The first-order valence-corrected chi connectivity index (χ1v) is 7.44. The zero-order valence-electron chi connectivity index (χ0n) is 12.6. The van der Waals surface area contributed by atoms with Crippen LogP contribution >= 0.6 is 0 Å². The normalized spacial score (nSPS) is 19.9. The first kappa shape index (κ1) is 15.1. The van der Waals surface area contributed by atoms with Gasteiger partial charge in [-0.1, -0.05) is 18.6 Å². The van der Waals surface area contributed by atoms with Gasteiger partial charge in [0.15, 0.2) is 11.5 Å². The van der Waals surface area contributed by atoms with Crippen LogP contribution in [0.25, 0.3) is 0 Å². The number of methoxy groups -OCH3 is 2. The van der Waals surface area contributed by atoms with E-state index in [9.17, 15) is 0 Å². The van der Waals surface area contributed by atoms with Gasteiger partial charge in [-0.15, -0.1) is 0 Å². The quantitative estimate of drug-likeness (QED) is 0.868. The van der Waals surface area contributed by atoms with Crippen molar-refractivity contribution in [2.45, 2.75) is 38.3 Å². The summed E-state index contributed by atoms with van der Waals surface area (Å²) in [5.41, 5.74) is 6.94. The second kappa shape index (κ2) is 7.50. The Kier molecular flexibility index (Phi) is 5.68. The fraction of sp³-hybridized carbons (Fsp3) is 0.625. The molecule has 0 saturated carbocycles. The van der Waals surface area contributed by atoms with E-state index in [1.165, 1.54) is 24.8 Å². The fourth-order valence-electron chi connectivity index (χ4n) is 3.08. The molecule has 0 spiro atoms. The summed E-state index contributed by atoms with van der Waals surface area (Å²) in [6.45, 7) is 2.81. The highest BCUT2D eigenvalue weighted by Crippen LogP contribution is 2.33. The zero-order valence-corrected chi connectivity index (χ0v) is 12.6. The molecule has 1 unspecified atom stereocenters. The van der Waals surface area contributed by atoms with Gasteiger partial charge in [-0.2, -0.15) is 0 Å². The summed E-state index contributed by atoms with van der Waals surface area (Å²) >= 11 is 0. The predicted molar refractivity (Wildman–Crippen MR) is 81.3 cm³/mol. The maximum Gasteiger partial charge on any atom is 0.165 e. The third-order valence-electron chi connectivity index (χ3n) is 4.11. The largest absolute Gasteiger partial charge is 0.493 e. The van der Waals surface area contributed by atoms with E-state index in [0.717, 1.165) is 37.6 Å². The Bertz CT molecular complexity index is 421. The maximum absolute atomic E-state index is 5.75. The molecule has 4 nitrogen and oxygen atoms in total. The van der Waals surface area contributed by atoms with Gasteiger partial charge in [0.05, 0.1) is 14.2 Å². The summed E-state index contributed by atoms with van der Waals surface area (Å²) in [7, 11) is 3.38. The average molecular weight is 278 g/mol. The molecule has 1 aliphatic rings. The Morgan fingerprint density at radius 1 is 1.25 bits per heavy atom. The van der Waals surface area contributed by atoms with Crippen LogP contribution in [0.1, 0.15) is 31.2 Å². The summed E-state index contributed by atoms with van der Waals surface area (Å²) in [6, 6.07) is 6.69. The van der Waals surface area contributed by atoms with Crippen LogP contribution in [0.15, 0.2) is 18.2 Å². The summed E-state index contributed by atoms with van der Waals surface area (Å²) in [4.78, 5) is 2.54. The topological polar surface area (TPSA) is 47.7 Å². The molecule has 1 atom stereocenters. The molecule has 1 saturated heterocycles. The monoisotopic (exact) mass is 278 g/mol. The van der Waals surface area contributed by atoms with E-state index < -0.39 is 0 Å². The van der Waals surface area contributed by atoms with E-state index in [2.05, 4.69) is 11.0 Å². The number of benzene rings is 1. The third kappa shape index (κ3) is 3.44. The second-order valence-corrected chi connectivity index (χ2v) is 5.35. The smallest absolute Gasteiger partial charge is 0.165 e. The number of rotatable bonds is 6. The average Bonchev–Trinajstić information content (AvgIpc) is 2.49. The van der Waals surface area contributed by atoms with E-state index >= 15 is 0 Å². The number of ether oxygens (including phenoxy) is 2. The molecule has 1 fully saturated rings. The fourth-order valence-corrected chi connectivity index (χ4v) is 3.08. The van der Waals surface area contributed by atoms with E-state index in [0.29, 0.717) is 6.04 Å². The summed E-state index contributed by atoms with van der Waals surface area (Å²) in [5.74, 6) is 1.66. The number of piperidine rings is 1. The molecular formula is C16H26N2O2. The lowest BCUT2D eigenvalue weighted by Crippen LogP contribution is -2.40. The maximum atomic E-state index is 5.75. The number of hydrogen-bond donors (Lipinski definition) is 1. The minimum absolute atomic E-state index is 0.602. The molecule has 20 heavy (non-hydrogen) atoms. The number of nitrogens with zero attached hydrogens (tertiary/aromatic N) is 1. The van der Waals surface area contributed by atoms with E-state index in [-0.39, 0.29) is 0 Å². The van der Waals surface area contributed by atoms with Gasteiger partial charge in [0.2, 0.25) is 0 Å². The van der Waals surface area contributed by atoms with Gasteiger partial charge in [0.1, 0.15) is 0 Å². The SMILES string of the molecule is COc1cccc(CN2CCCCC2CCN)c1OC. The Hall–Kier alpha value is -1.26. The van der Waals surface area contributed by atoms with E-state index in [4.69, 9.17) is 15.2 Å². The van der Waals surface area contributed by atoms with Gasteiger partial charge in [-0.05, 0) is 38.4 Å². The van der Waals surface area contributed by atoms with Crippen molar-refractivity contribution in [2.24, 2.45) is 5.73 Å². The standard InChI is InChI=1S/C16H26N2O2/c1-19-15-8-5-6-13(16(15)20-2)12-18-11-4-3-7-14(18)9-10-17/h5-6,8,14H,3-4,7,9-12,17H2,1-2H3. The first-order chi connectivity index (χ1) is 9.80. The lowest BCUT2D eigenvalue weighted by Gasteiger charge is -2.36. The molecule has 0 aliphatic carbocycles. The van der Waals surface area contributed by atoms with Gasteiger partial charge < -0.3 is 15.2 Å². The zero-order chi connectivity index (χ0) is 14.4. The molecule has 1 aromatic rings. The van der Waals surface area contributed by atoms with Gasteiger partial charge in [-0.25, -0.2) is 0 Å². The minimum atomic E-state index is 0.602. The number of likely N-dealkylation sites (tertiary alicyclic amines) is 1. The molecule has 0 aromatic heterocycles. The number of nitrogens with two attached hydrogens (primary N) is 1. The molecule has 4 heteroatoms. The van der Waals surface area contributed by atoms with E-state index in [1.807, 2.05) is 12.1 Å². The van der Waals surface area contributed by atoms with Gasteiger partial charge in [0, 0.05) is 18.2 Å². The molecule has 0 radical (unpaired) electrons. The first-order valence-electron chi connectivity index (χ1n) is 7.44. The van der Waals surface area contributed by atoms with Gasteiger partial charge >= 0.3 is 0 Å². The minimum Gasteiger partial charge on any atom is -0.493 e. The Morgan fingerprint density at radius 3 is 2.80 bits per heavy atom. The van der Waals surface area contributed by atoms with Crippen LogP contribution in [-0.2, 0) is 6.54 Å². The van der Waals surface area contributed by atoms with Crippen LogP contribution in [0, 0.1) is 0 Å². The van der Waals surface area contributed by atoms with Crippen LogP contribution in [0.3, 0.4) is 0 Å². The number of hydrogen-bond acceptors (Lipinski definition) is 4. The molecule has 2 rings (SSSR count). The second-order valence-electron chi connectivity index (χ2n) is 5.35. The van der Waals surface area contributed by atoms with Crippen LogP contribution in [0.2, 0.25) is 0 Å². The Morgan fingerprint density at radius 2 is 2.10 bits per heavy atom. The molecule has 112 valence electrons. The predicted octanol–water partition coefficient (Wildman–Crippen LogP) is 2.41. The molecule has 1 heterocycles. The van der Waals surface area contributed by atoms with Crippen molar-refractivity contribution in [2.75, 3.05) is 27.3 Å². The van der Waals surface area contributed by atoms with Crippen molar-refractivity contribution in [1.29, 1.82) is 0 Å². The van der Waals surface area contributed by atoms with Crippen molar-refractivity contribution < 1.29 is 9.47 Å². The molecule has 0 bridgehead atoms. The Balaban J connectivity index is 2.15. The molecule has 0 amide bonds. The van der Waals surface area contributed by atoms with Crippen molar-refractivity contribution in [3.63, 3.8) is 0 Å². The lowest BCUT2D eigenvalue weighted by molar-refractivity contribution is 0.132. The highest BCUT2D eigenvalue weighted by atomic mass is 16.5. The van der Waals surface area contributed by atoms with Crippen molar-refractivity contribution in [3.05, 3.63) is 23.8 Å². The molecule has 1 aliphatic heterocycles. The Labute approximate surface area is 121 Å². The van der Waals surface area contributed by atoms with Crippen molar-refractivity contribution >= 4 is 0 Å². The summed E-state index contributed by atoms with van der Waals surface area (Å²) < 4.78 is 10.9. The highest BCUT2D eigenvalue weighted by Gasteiger charge is 2.23. The van der Waals surface area contributed by atoms with Gasteiger partial charge in [0.25, 0.3) is 0 Å². The molecular weight excluding hydrogens is 252 g/mol. The van der Waals surface area contributed by atoms with E-state index in [1.54, 1.807) is 14.2 Å². The molecule has 2 N–H and O–H groups in total. The van der Waals surface area contributed by atoms with Crippen molar-refractivity contribution in [1.82, 2.24) is 4.90 Å². The van der Waals surface area contributed by atoms with Crippen LogP contribution in [-0.4, -0.2) is 38.3 Å². The number of para-hydroxylation sites is 1. The van der Waals surface area contributed by atoms with Crippen LogP contribution in [0.4, 0.5) is 0 Å². The summed E-state index contributed by atoms with van der Waals surface area (Å²) in [5, 5.41) is 0. The van der Waals surface area contributed by atoms with Crippen molar-refractivity contribution in [3.8, 4) is 11.5 Å². The summed E-state index contributed by atoms with van der Waals surface area (Å²) in [6.07, 6.45) is 4.92. The van der Waals surface area contributed by atoms with Gasteiger partial charge in [-0.3, -0.25) is 4.90 Å². The lowest BCUT2D eigenvalue weighted by atomic mass is 9.98. The highest BCUT2D eigenvalue weighted by molar-refractivity contribution is 5.46. The third-order valence-corrected chi connectivity index (χ3v) is 4.11. The molecule has 1 aromatic carbocycles. The van der Waals surface area contributed by atoms with Crippen LogP contribution in [0.5, 0.6) is 11.5 Å². The van der Waals surface area contributed by atoms with Crippen LogP contribution < -0.4 is 15.2 Å².